The number of pyridine rings is 1. The zero-order valence-corrected chi connectivity index (χ0v) is 19.0. The highest BCUT2D eigenvalue weighted by Gasteiger charge is 2.42. The molecule has 0 spiro atoms. The van der Waals surface area contributed by atoms with Gasteiger partial charge in [0.2, 0.25) is 0 Å². The second kappa shape index (κ2) is 10.7. The summed E-state index contributed by atoms with van der Waals surface area (Å²) < 4.78 is 45.0. The van der Waals surface area contributed by atoms with Gasteiger partial charge in [0.1, 0.15) is 5.75 Å². The quantitative estimate of drug-likeness (QED) is 0.277. The van der Waals surface area contributed by atoms with Crippen LogP contribution in [0.15, 0.2) is 60.8 Å². The number of para-hydroxylation sites is 1. The molecule has 0 unspecified atom stereocenters. The van der Waals surface area contributed by atoms with Crippen LogP contribution in [0.1, 0.15) is 10.4 Å². The molecule has 0 aliphatic carbocycles. The third-order valence-corrected chi connectivity index (χ3v) is 5.68. The number of anilines is 1. The molecule has 3 aromatic rings. The van der Waals surface area contributed by atoms with Crippen molar-refractivity contribution in [1.82, 2.24) is 9.88 Å². The van der Waals surface area contributed by atoms with E-state index in [2.05, 4.69) is 19.5 Å². The standard InChI is InChI=1S/C25H22F3N3O5/c26-25(27,28)24(34)36-23(33)16-35-18-7-5-17(6-8-18)22(32)15-30-11-13-31(14-12-30)21-9-10-29-20-4-2-1-3-19(20)21/h1-10H,11-16H2. The summed E-state index contributed by atoms with van der Waals surface area (Å²) in [6.45, 7) is 2.30. The molecular formula is C25H22F3N3O5. The van der Waals surface area contributed by atoms with Gasteiger partial charge in [0.15, 0.2) is 12.4 Å². The van der Waals surface area contributed by atoms with Crippen LogP contribution in [0.4, 0.5) is 18.9 Å². The van der Waals surface area contributed by atoms with E-state index in [0.29, 0.717) is 18.7 Å². The average Bonchev–Trinajstić information content (AvgIpc) is 2.87. The van der Waals surface area contributed by atoms with E-state index in [4.69, 9.17) is 4.74 Å². The molecule has 188 valence electrons. The normalized spacial score (nSPS) is 14.5. The summed E-state index contributed by atoms with van der Waals surface area (Å²) >= 11 is 0. The average molecular weight is 501 g/mol. The minimum Gasteiger partial charge on any atom is -0.482 e. The number of carbonyl (C=O) groups is 3. The van der Waals surface area contributed by atoms with Crippen molar-refractivity contribution in [2.24, 2.45) is 0 Å². The lowest BCUT2D eigenvalue weighted by Gasteiger charge is -2.36. The Balaban J connectivity index is 1.25. The number of aromatic nitrogens is 1. The number of ketones is 1. The first-order valence-corrected chi connectivity index (χ1v) is 11.1. The summed E-state index contributed by atoms with van der Waals surface area (Å²) in [5.41, 5.74) is 2.49. The summed E-state index contributed by atoms with van der Waals surface area (Å²) in [5.74, 6) is -4.04. The SMILES string of the molecule is O=C(COc1ccc(C(=O)CN2CCN(c3ccnc4ccccc34)CC2)cc1)OC(=O)C(F)(F)F. The lowest BCUT2D eigenvalue weighted by atomic mass is 10.1. The van der Waals surface area contributed by atoms with Gasteiger partial charge in [-0.25, -0.2) is 9.59 Å². The topological polar surface area (TPSA) is 89.0 Å². The predicted octanol–water partition coefficient (Wildman–Crippen LogP) is 3.25. The number of benzene rings is 2. The summed E-state index contributed by atoms with van der Waals surface area (Å²) in [6.07, 6.45) is -3.47. The maximum absolute atomic E-state index is 12.7. The molecule has 2 heterocycles. The van der Waals surface area contributed by atoms with E-state index in [-0.39, 0.29) is 18.1 Å². The van der Waals surface area contributed by atoms with Crippen molar-refractivity contribution < 1.29 is 37.0 Å². The molecule has 1 saturated heterocycles. The Hall–Kier alpha value is -3.99. The molecule has 1 aliphatic heterocycles. The van der Waals surface area contributed by atoms with Crippen molar-refractivity contribution >= 4 is 34.3 Å². The van der Waals surface area contributed by atoms with Gasteiger partial charge in [0, 0.05) is 49.0 Å². The Morgan fingerprint density at radius 1 is 0.917 bits per heavy atom. The molecule has 0 N–H and O–H groups in total. The van der Waals surface area contributed by atoms with Crippen LogP contribution >= 0.6 is 0 Å². The second-order valence-corrected chi connectivity index (χ2v) is 8.11. The minimum absolute atomic E-state index is 0.0976. The van der Waals surface area contributed by atoms with E-state index in [1.165, 1.54) is 24.3 Å². The lowest BCUT2D eigenvalue weighted by Crippen LogP contribution is -2.48. The molecule has 1 aliphatic rings. The van der Waals surface area contributed by atoms with Gasteiger partial charge >= 0.3 is 18.1 Å². The smallest absolute Gasteiger partial charge is 0.482 e. The molecule has 0 saturated carbocycles. The Bertz CT molecular complexity index is 1250. The van der Waals surface area contributed by atoms with Crippen molar-refractivity contribution in [2.75, 3.05) is 44.2 Å². The Morgan fingerprint density at radius 2 is 1.61 bits per heavy atom. The number of rotatable bonds is 7. The van der Waals surface area contributed by atoms with Crippen LogP contribution in [0, 0.1) is 0 Å². The molecule has 8 nitrogen and oxygen atoms in total. The highest BCUT2D eigenvalue weighted by Crippen LogP contribution is 2.26. The number of hydrogen-bond donors (Lipinski definition) is 0. The van der Waals surface area contributed by atoms with Gasteiger partial charge in [-0.3, -0.25) is 14.7 Å². The van der Waals surface area contributed by atoms with Crippen molar-refractivity contribution in [3.05, 3.63) is 66.4 Å². The molecule has 1 fully saturated rings. The number of hydrogen-bond acceptors (Lipinski definition) is 8. The van der Waals surface area contributed by atoms with Gasteiger partial charge < -0.3 is 14.4 Å². The highest BCUT2D eigenvalue weighted by molar-refractivity contribution is 5.97. The van der Waals surface area contributed by atoms with Gasteiger partial charge in [-0.15, -0.1) is 0 Å². The van der Waals surface area contributed by atoms with Crippen molar-refractivity contribution in [1.29, 1.82) is 0 Å². The number of Topliss-reactive ketones (excluding diaryl/α,β-unsaturated/α-hetero) is 1. The predicted molar refractivity (Wildman–Crippen MR) is 124 cm³/mol. The van der Waals surface area contributed by atoms with E-state index in [1.54, 1.807) is 6.20 Å². The van der Waals surface area contributed by atoms with Gasteiger partial charge in [-0.1, -0.05) is 18.2 Å². The number of carbonyl (C=O) groups excluding carboxylic acids is 3. The summed E-state index contributed by atoms with van der Waals surface area (Å²) in [6, 6.07) is 15.8. The summed E-state index contributed by atoms with van der Waals surface area (Å²) in [5, 5.41) is 1.09. The Kier molecular flexibility index (Phi) is 7.49. The highest BCUT2D eigenvalue weighted by atomic mass is 19.4. The molecule has 0 atom stereocenters. The number of nitrogens with zero attached hydrogens (tertiary/aromatic N) is 3. The fourth-order valence-corrected chi connectivity index (χ4v) is 3.87. The number of ether oxygens (including phenoxy) is 2. The fourth-order valence-electron chi connectivity index (χ4n) is 3.87. The van der Waals surface area contributed by atoms with Crippen LogP contribution in [0.3, 0.4) is 0 Å². The number of esters is 2. The minimum atomic E-state index is -5.27. The zero-order valence-electron chi connectivity index (χ0n) is 19.0. The van der Waals surface area contributed by atoms with Crippen molar-refractivity contribution in [3.63, 3.8) is 0 Å². The fraction of sp³-hybridized carbons (Fsp3) is 0.280. The first-order chi connectivity index (χ1) is 17.2. The Labute approximate surface area is 204 Å². The van der Waals surface area contributed by atoms with Crippen LogP contribution in [0.25, 0.3) is 10.9 Å². The van der Waals surface area contributed by atoms with Gasteiger partial charge in [0.05, 0.1) is 12.1 Å². The second-order valence-electron chi connectivity index (χ2n) is 8.11. The molecule has 2 aromatic carbocycles. The number of piperazine rings is 1. The third kappa shape index (κ3) is 6.16. The first kappa shape index (κ1) is 25.1. The van der Waals surface area contributed by atoms with E-state index in [0.717, 1.165) is 29.7 Å². The first-order valence-electron chi connectivity index (χ1n) is 11.1. The molecule has 11 heteroatoms. The third-order valence-electron chi connectivity index (χ3n) is 5.68. The van der Waals surface area contributed by atoms with Gasteiger partial charge in [0.25, 0.3) is 0 Å². The molecule has 0 amide bonds. The van der Waals surface area contributed by atoms with Crippen LogP contribution < -0.4 is 9.64 Å². The molecule has 0 bridgehead atoms. The van der Waals surface area contributed by atoms with Crippen molar-refractivity contribution in [2.45, 2.75) is 6.18 Å². The van der Waals surface area contributed by atoms with E-state index in [9.17, 15) is 27.6 Å². The van der Waals surface area contributed by atoms with E-state index < -0.39 is 24.7 Å². The molecule has 0 radical (unpaired) electrons. The summed E-state index contributed by atoms with van der Waals surface area (Å²) in [7, 11) is 0. The maximum Gasteiger partial charge on any atom is 0.491 e. The molecule has 4 rings (SSSR count). The van der Waals surface area contributed by atoms with Crippen LogP contribution in [0.2, 0.25) is 0 Å². The maximum atomic E-state index is 12.7. The number of halogens is 3. The van der Waals surface area contributed by atoms with Crippen LogP contribution in [0.5, 0.6) is 5.75 Å². The van der Waals surface area contributed by atoms with Gasteiger partial charge in [-0.2, -0.15) is 13.2 Å². The van der Waals surface area contributed by atoms with E-state index >= 15 is 0 Å². The van der Waals surface area contributed by atoms with Crippen molar-refractivity contribution in [3.8, 4) is 5.75 Å². The van der Waals surface area contributed by atoms with Gasteiger partial charge in [-0.05, 0) is 36.4 Å². The largest absolute Gasteiger partial charge is 0.491 e. The summed E-state index contributed by atoms with van der Waals surface area (Å²) in [4.78, 5) is 43.4. The lowest BCUT2D eigenvalue weighted by molar-refractivity contribution is -0.202. The molecular weight excluding hydrogens is 479 g/mol. The van der Waals surface area contributed by atoms with Crippen LogP contribution in [-0.2, 0) is 14.3 Å². The Morgan fingerprint density at radius 3 is 2.31 bits per heavy atom. The molecule has 1 aromatic heterocycles. The monoisotopic (exact) mass is 501 g/mol. The van der Waals surface area contributed by atoms with Crippen LogP contribution in [-0.4, -0.2) is 73.1 Å². The number of fused-ring (bicyclic) bond motifs is 1. The zero-order chi connectivity index (χ0) is 25.7. The number of alkyl halides is 3. The van der Waals surface area contributed by atoms with E-state index in [1.807, 2.05) is 30.3 Å². The molecule has 36 heavy (non-hydrogen) atoms.